The van der Waals surface area contributed by atoms with Crippen molar-refractivity contribution in [3.63, 3.8) is 0 Å². The van der Waals surface area contributed by atoms with Crippen molar-refractivity contribution in [2.45, 2.75) is 31.7 Å². The molecule has 1 heterocycles. The largest absolute Gasteiger partial charge is 0.477 e. The highest BCUT2D eigenvalue weighted by molar-refractivity contribution is 5.85. The number of nitrogens with zero attached hydrogens (tertiary/aromatic N) is 1. The van der Waals surface area contributed by atoms with E-state index in [1.807, 2.05) is 16.8 Å². The Kier molecular flexibility index (Phi) is 1.87. The summed E-state index contributed by atoms with van der Waals surface area (Å²) < 4.78 is 1.98. The number of hydrogen-bond donors (Lipinski definition) is 1. The van der Waals surface area contributed by atoms with Crippen molar-refractivity contribution in [3.05, 3.63) is 24.0 Å². The van der Waals surface area contributed by atoms with E-state index < -0.39 is 5.97 Å². The smallest absolute Gasteiger partial charge is 0.352 e. The maximum atomic E-state index is 11.0. The highest BCUT2D eigenvalue weighted by atomic mass is 16.4. The minimum atomic E-state index is -0.802. The van der Waals surface area contributed by atoms with E-state index in [1.54, 1.807) is 6.07 Å². The lowest BCUT2D eigenvalue weighted by Crippen LogP contribution is -2.07. The molecule has 3 rings (SSSR count). The summed E-state index contributed by atoms with van der Waals surface area (Å²) in [7, 11) is 0. The maximum absolute atomic E-state index is 11.0. The Balaban J connectivity index is 1.88. The van der Waals surface area contributed by atoms with Gasteiger partial charge in [0.25, 0.3) is 0 Å². The molecule has 2 unspecified atom stereocenters. The third-order valence-electron chi connectivity index (χ3n) is 3.93. The molecular formula is C12H15NO2. The van der Waals surface area contributed by atoms with E-state index in [0.717, 1.165) is 11.8 Å². The molecule has 0 bridgehead atoms. The minimum Gasteiger partial charge on any atom is -0.477 e. The van der Waals surface area contributed by atoms with Crippen LogP contribution >= 0.6 is 0 Å². The van der Waals surface area contributed by atoms with E-state index in [9.17, 15) is 4.79 Å². The van der Waals surface area contributed by atoms with Gasteiger partial charge >= 0.3 is 5.97 Å². The van der Waals surface area contributed by atoms with Crippen LogP contribution in [-0.2, 0) is 0 Å². The number of aromatic nitrogens is 1. The van der Waals surface area contributed by atoms with Crippen LogP contribution in [0, 0.1) is 11.8 Å². The molecule has 80 valence electrons. The number of carbonyl (C=O) groups is 1. The molecule has 0 saturated heterocycles. The number of hydrogen-bond acceptors (Lipinski definition) is 1. The zero-order valence-corrected chi connectivity index (χ0v) is 8.60. The molecular weight excluding hydrogens is 190 g/mol. The molecule has 3 nitrogen and oxygen atoms in total. The lowest BCUT2D eigenvalue weighted by molar-refractivity contribution is 0.0684. The van der Waals surface area contributed by atoms with Crippen LogP contribution in [-0.4, -0.2) is 15.6 Å². The summed E-state index contributed by atoms with van der Waals surface area (Å²) >= 11 is 0. The molecule has 15 heavy (non-hydrogen) atoms. The lowest BCUT2D eigenvalue weighted by atomic mass is 10.0. The number of aromatic carboxylic acids is 1. The molecule has 2 saturated carbocycles. The van der Waals surface area contributed by atoms with Gasteiger partial charge in [0.15, 0.2) is 0 Å². The van der Waals surface area contributed by atoms with Crippen molar-refractivity contribution < 1.29 is 9.90 Å². The molecule has 1 N–H and O–H groups in total. The molecule has 0 spiro atoms. The Hall–Kier alpha value is -1.25. The fourth-order valence-corrected chi connectivity index (χ4v) is 3.20. The first kappa shape index (κ1) is 9.01. The van der Waals surface area contributed by atoms with E-state index in [2.05, 4.69) is 0 Å². The zero-order chi connectivity index (χ0) is 10.4. The summed E-state index contributed by atoms with van der Waals surface area (Å²) in [5.74, 6) is 0.706. The quantitative estimate of drug-likeness (QED) is 0.806. The number of carboxylic acid groups (broad SMARTS) is 1. The molecule has 0 aromatic carbocycles. The molecule has 0 radical (unpaired) electrons. The second-order valence-electron chi connectivity index (χ2n) is 4.71. The fraction of sp³-hybridized carbons (Fsp3) is 0.583. The van der Waals surface area contributed by atoms with Crippen molar-refractivity contribution in [2.24, 2.45) is 11.8 Å². The Morgan fingerprint density at radius 2 is 2.00 bits per heavy atom. The van der Waals surface area contributed by atoms with E-state index in [1.165, 1.54) is 25.7 Å². The zero-order valence-electron chi connectivity index (χ0n) is 8.60. The summed E-state index contributed by atoms with van der Waals surface area (Å²) in [6, 6.07) is 4.02. The van der Waals surface area contributed by atoms with Gasteiger partial charge in [-0.1, -0.05) is 12.8 Å². The molecule has 1 aromatic heterocycles. The van der Waals surface area contributed by atoms with Crippen molar-refractivity contribution in [3.8, 4) is 0 Å². The maximum Gasteiger partial charge on any atom is 0.352 e. The first-order valence-corrected chi connectivity index (χ1v) is 5.69. The minimum absolute atomic E-state index is 0.453. The molecule has 2 aliphatic rings. The lowest BCUT2D eigenvalue weighted by Gasteiger charge is -2.04. The van der Waals surface area contributed by atoms with E-state index >= 15 is 0 Å². The van der Waals surface area contributed by atoms with Crippen LogP contribution in [0.25, 0.3) is 0 Å². The van der Waals surface area contributed by atoms with E-state index in [-0.39, 0.29) is 0 Å². The third kappa shape index (κ3) is 1.29. The Labute approximate surface area is 88.7 Å². The van der Waals surface area contributed by atoms with E-state index in [0.29, 0.717) is 11.7 Å². The highest BCUT2D eigenvalue weighted by Gasteiger charge is 2.52. The summed E-state index contributed by atoms with van der Waals surface area (Å²) in [6.07, 6.45) is 7.13. The van der Waals surface area contributed by atoms with Crippen molar-refractivity contribution in [1.29, 1.82) is 0 Å². The van der Waals surface area contributed by atoms with Gasteiger partial charge in [0.05, 0.1) is 0 Å². The first-order chi connectivity index (χ1) is 7.29. The summed E-state index contributed by atoms with van der Waals surface area (Å²) in [5, 5.41) is 9.04. The van der Waals surface area contributed by atoms with Gasteiger partial charge in [-0.2, -0.15) is 0 Å². The van der Waals surface area contributed by atoms with Crippen LogP contribution in [0.3, 0.4) is 0 Å². The van der Waals surface area contributed by atoms with Crippen molar-refractivity contribution in [1.82, 2.24) is 4.57 Å². The topological polar surface area (TPSA) is 42.2 Å². The van der Waals surface area contributed by atoms with Crippen molar-refractivity contribution >= 4 is 5.97 Å². The van der Waals surface area contributed by atoms with Crippen LogP contribution in [0.2, 0.25) is 0 Å². The number of carboxylic acids is 1. The highest BCUT2D eigenvalue weighted by Crippen LogP contribution is 2.58. The third-order valence-corrected chi connectivity index (χ3v) is 3.93. The van der Waals surface area contributed by atoms with E-state index in [4.69, 9.17) is 5.11 Å². The molecule has 1 aromatic rings. The molecule has 2 fully saturated rings. The van der Waals surface area contributed by atoms with Crippen LogP contribution in [0.1, 0.15) is 42.2 Å². The average Bonchev–Trinajstić information content (AvgIpc) is 2.74. The molecule has 2 aliphatic carbocycles. The predicted molar refractivity (Wildman–Crippen MR) is 55.9 cm³/mol. The van der Waals surface area contributed by atoms with Gasteiger partial charge in [-0.15, -0.1) is 0 Å². The van der Waals surface area contributed by atoms with Gasteiger partial charge in [-0.25, -0.2) is 4.79 Å². The Bertz CT molecular complexity index is 384. The molecule has 2 atom stereocenters. The van der Waals surface area contributed by atoms with Crippen molar-refractivity contribution in [2.75, 3.05) is 0 Å². The molecule has 0 amide bonds. The monoisotopic (exact) mass is 205 g/mol. The van der Waals surface area contributed by atoms with Gasteiger partial charge in [0, 0.05) is 12.2 Å². The molecule has 0 aliphatic heterocycles. The Morgan fingerprint density at radius 3 is 2.60 bits per heavy atom. The van der Waals surface area contributed by atoms with Gasteiger partial charge in [0.2, 0.25) is 0 Å². The second kappa shape index (κ2) is 3.12. The second-order valence-corrected chi connectivity index (χ2v) is 4.71. The Morgan fingerprint density at radius 1 is 1.33 bits per heavy atom. The van der Waals surface area contributed by atoms with Gasteiger partial charge in [-0.05, 0) is 36.8 Å². The van der Waals surface area contributed by atoms with Crippen LogP contribution in [0.15, 0.2) is 18.3 Å². The van der Waals surface area contributed by atoms with Crippen LogP contribution in [0.4, 0.5) is 0 Å². The average molecular weight is 205 g/mol. The number of rotatable bonds is 2. The summed E-state index contributed by atoms with van der Waals surface area (Å²) in [5.41, 5.74) is 0.453. The van der Waals surface area contributed by atoms with Gasteiger partial charge < -0.3 is 9.67 Å². The standard InChI is InChI=1S/C12H15NO2/c14-12(15)10-6-3-7-13(10)11-8-4-1-2-5-9(8)11/h3,6-9,11H,1-2,4-5H2,(H,14,15). The molecule has 3 heteroatoms. The fourth-order valence-electron chi connectivity index (χ4n) is 3.20. The van der Waals surface area contributed by atoms with Gasteiger partial charge in [0.1, 0.15) is 5.69 Å². The van der Waals surface area contributed by atoms with Gasteiger partial charge in [-0.3, -0.25) is 0 Å². The predicted octanol–water partition coefficient (Wildman–Crippen LogP) is 2.55. The first-order valence-electron chi connectivity index (χ1n) is 5.69. The van der Waals surface area contributed by atoms with Crippen LogP contribution in [0.5, 0.6) is 0 Å². The normalized spacial score (nSPS) is 33.5. The van der Waals surface area contributed by atoms with Crippen LogP contribution < -0.4 is 0 Å². The number of fused-ring (bicyclic) bond motifs is 1. The summed E-state index contributed by atoms with van der Waals surface area (Å²) in [6.45, 7) is 0. The summed E-state index contributed by atoms with van der Waals surface area (Å²) in [4.78, 5) is 11.0. The SMILES string of the molecule is O=C(O)c1cccn1C1C2CCCCC21.